The molecule has 1 aromatic rings. The van der Waals surface area contributed by atoms with Crippen molar-refractivity contribution >= 4 is 22.4 Å². The molecule has 0 aromatic carbocycles. The minimum Gasteiger partial charge on any atom is -0.395 e. The number of aliphatic hydroxyl groups excluding tert-OH is 1. The third kappa shape index (κ3) is 4.56. The van der Waals surface area contributed by atoms with Gasteiger partial charge >= 0.3 is 0 Å². The summed E-state index contributed by atoms with van der Waals surface area (Å²) in [7, 11) is 0. The van der Waals surface area contributed by atoms with Gasteiger partial charge in [0.1, 0.15) is 0 Å². The van der Waals surface area contributed by atoms with E-state index >= 15 is 0 Å². The molecule has 0 bridgehead atoms. The van der Waals surface area contributed by atoms with Crippen molar-refractivity contribution in [1.29, 1.82) is 0 Å². The maximum atomic E-state index is 11.5. The van der Waals surface area contributed by atoms with Crippen LogP contribution in [-0.2, 0) is 11.3 Å². The van der Waals surface area contributed by atoms with E-state index in [4.69, 9.17) is 5.11 Å². The molecule has 19 heavy (non-hydrogen) atoms. The first-order valence-electron chi connectivity index (χ1n) is 6.57. The molecule has 1 amide bonds. The highest BCUT2D eigenvalue weighted by atomic mass is 32.1. The lowest BCUT2D eigenvalue weighted by Crippen LogP contribution is -2.33. The van der Waals surface area contributed by atoms with Crippen molar-refractivity contribution in [3.05, 3.63) is 11.1 Å². The van der Waals surface area contributed by atoms with E-state index in [0.717, 1.165) is 10.8 Å². The smallest absolute Gasteiger partial charge is 0.225 e. The van der Waals surface area contributed by atoms with E-state index in [1.54, 1.807) is 11.8 Å². The van der Waals surface area contributed by atoms with Crippen LogP contribution in [0.3, 0.4) is 0 Å². The average molecular weight is 285 g/mol. The summed E-state index contributed by atoms with van der Waals surface area (Å²) in [6, 6.07) is 0.354. The zero-order chi connectivity index (χ0) is 14.4. The molecule has 1 heterocycles. The Morgan fingerprint density at radius 3 is 2.68 bits per heavy atom. The highest BCUT2D eigenvalue weighted by Gasteiger charge is 2.16. The average Bonchev–Trinajstić information content (AvgIpc) is 2.77. The van der Waals surface area contributed by atoms with Crippen LogP contribution in [0.15, 0.2) is 5.38 Å². The number of carbonyl (C=O) groups excluding carboxylic acids is 1. The Kier molecular flexibility index (Phi) is 6.41. The van der Waals surface area contributed by atoms with Crippen LogP contribution in [0.25, 0.3) is 0 Å². The maximum Gasteiger partial charge on any atom is 0.225 e. The van der Waals surface area contributed by atoms with Crippen LogP contribution in [0.1, 0.15) is 33.4 Å². The second-order valence-corrected chi connectivity index (χ2v) is 5.51. The number of amides is 1. The van der Waals surface area contributed by atoms with E-state index in [2.05, 4.69) is 23.7 Å². The number of rotatable bonds is 7. The van der Waals surface area contributed by atoms with E-state index in [1.807, 2.05) is 12.3 Å². The van der Waals surface area contributed by atoms with Gasteiger partial charge in [0.25, 0.3) is 0 Å². The lowest BCUT2D eigenvalue weighted by molar-refractivity contribution is -0.116. The Labute approximate surface area is 118 Å². The van der Waals surface area contributed by atoms with Crippen molar-refractivity contribution in [1.82, 2.24) is 9.88 Å². The van der Waals surface area contributed by atoms with Gasteiger partial charge in [0.2, 0.25) is 5.91 Å². The molecule has 0 aliphatic carbocycles. The number of hydrogen-bond acceptors (Lipinski definition) is 5. The van der Waals surface area contributed by atoms with Crippen molar-refractivity contribution in [3.8, 4) is 0 Å². The fourth-order valence-electron chi connectivity index (χ4n) is 1.84. The summed E-state index contributed by atoms with van der Waals surface area (Å²) in [6.45, 7) is 9.79. The third-order valence-corrected chi connectivity index (χ3v) is 3.86. The van der Waals surface area contributed by atoms with Gasteiger partial charge in [0.15, 0.2) is 5.13 Å². The number of thiazole rings is 1. The number of hydrogen-bond donors (Lipinski definition) is 1. The molecule has 0 fully saturated rings. The summed E-state index contributed by atoms with van der Waals surface area (Å²) in [6.07, 6.45) is 0. The second kappa shape index (κ2) is 7.57. The normalized spacial score (nSPS) is 11.3. The van der Waals surface area contributed by atoms with Gasteiger partial charge in [-0.2, -0.15) is 0 Å². The Hall–Kier alpha value is -0.980. The van der Waals surface area contributed by atoms with Crippen LogP contribution >= 0.6 is 11.3 Å². The van der Waals surface area contributed by atoms with Gasteiger partial charge in [-0.1, -0.05) is 0 Å². The summed E-state index contributed by atoms with van der Waals surface area (Å²) in [5.74, 6) is 0.0134. The topological polar surface area (TPSA) is 56.7 Å². The van der Waals surface area contributed by atoms with Crippen molar-refractivity contribution in [2.45, 2.75) is 40.3 Å². The van der Waals surface area contributed by atoms with E-state index in [0.29, 0.717) is 25.7 Å². The number of nitrogens with zero attached hydrogens (tertiary/aromatic N) is 3. The number of anilines is 1. The Morgan fingerprint density at radius 1 is 1.53 bits per heavy atom. The first-order chi connectivity index (χ1) is 8.99. The maximum absolute atomic E-state index is 11.5. The van der Waals surface area contributed by atoms with Gasteiger partial charge in [0.05, 0.1) is 12.3 Å². The first kappa shape index (κ1) is 16.1. The molecule has 1 rings (SSSR count). The molecule has 0 saturated heterocycles. The van der Waals surface area contributed by atoms with Gasteiger partial charge in [-0.3, -0.25) is 14.6 Å². The van der Waals surface area contributed by atoms with Gasteiger partial charge in [0, 0.05) is 38.0 Å². The highest BCUT2D eigenvalue weighted by Crippen LogP contribution is 2.21. The molecule has 0 atom stereocenters. The largest absolute Gasteiger partial charge is 0.395 e. The summed E-state index contributed by atoms with van der Waals surface area (Å²) in [5.41, 5.74) is 0.946. The van der Waals surface area contributed by atoms with Gasteiger partial charge < -0.3 is 5.11 Å². The fraction of sp³-hybridized carbons (Fsp3) is 0.692. The van der Waals surface area contributed by atoms with Crippen LogP contribution in [0.2, 0.25) is 0 Å². The van der Waals surface area contributed by atoms with Crippen molar-refractivity contribution in [3.63, 3.8) is 0 Å². The van der Waals surface area contributed by atoms with Gasteiger partial charge in [-0.25, -0.2) is 4.98 Å². The molecule has 0 saturated carbocycles. The lowest BCUT2D eigenvalue weighted by atomic mass is 10.3. The van der Waals surface area contributed by atoms with Gasteiger partial charge in [-0.15, -0.1) is 11.3 Å². The summed E-state index contributed by atoms with van der Waals surface area (Å²) in [5, 5.41) is 11.8. The molecule has 6 heteroatoms. The molecule has 0 radical (unpaired) electrons. The number of aliphatic hydroxyl groups is 1. The first-order valence-corrected chi connectivity index (χ1v) is 7.45. The van der Waals surface area contributed by atoms with Crippen LogP contribution in [-0.4, -0.2) is 46.6 Å². The molecule has 5 nitrogen and oxygen atoms in total. The van der Waals surface area contributed by atoms with Crippen LogP contribution < -0.4 is 4.90 Å². The minimum absolute atomic E-state index is 0.0134. The molecule has 1 aromatic heterocycles. The van der Waals surface area contributed by atoms with Crippen molar-refractivity contribution < 1.29 is 9.90 Å². The number of aromatic nitrogens is 1. The summed E-state index contributed by atoms with van der Waals surface area (Å²) < 4.78 is 0. The summed E-state index contributed by atoms with van der Waals surface area (Å²) in [4.78, 5) is 19.8. The monoisotopic (exact) mass is 285 g/mol. The zero-order valence-corrected chi connectivity index (χ0v) is 12.9. The van der Waals surface area contributed by atoms with Crippen molar-refractivity contribution in [2.75, 3.05) is 24.6 Å². The molecule has 0 aliphatic rings. The van der Waals surface area contributed by atoms with Crippen LogP contribution in [0.5, 0.6) is 0 Å². The minimum atomic E-state index is 0.0134. The molecule has 108 valence electrons. The van der Waals surface area contributed by atoms with Crippen LogP contribution in [0.4, 0.5) is 5.13 Å². The van der Waals surface area contributed by atoms with E-state index in [9.17, 15) is 4.79 Å². The molecular weight excluding hydrogens is 262 g/mol. The molecule has 1 N–H and O–H groups in total. The SMILES string of the molecule is CCN(C(C)=O)c1nc(CN(CCO)C(C)C)cs1. The molecule has 0 aliphatic heterocycles. The second-order valence-electron chi connectivity index (χ2n) is 4.67. The zero-order valence-electron chi connectivity index (χ0n) is 12.1. The molecule has 0 unspecified atom stereocenters. The molecular formula is C13H23N3O2S. The quantitative estimate of drug-likeness (QED) is 0.829. The molecule has 0 spiro atoms. The Morgan fingerprint density at radius 2 is 2.21 bits per heavy atom. The summed E-state index contributed by atoms with van der Waals surface area (Å²) >= 11 is 1.49. The van der Waals surface area contributed by atoms with Crippen LogP contribution in [0, 0.1) is 0 Å². The lowest BCUT2D eigenvalue weighted by Gasteiger charge is -2.24. The Bertz CT molecular complexity index is 406. The predicted molar refractivity (Wildman–Crippen MR) is 78.4 cm³/mol. The van der Waals surface area contributed by atoms with E-state index < -0.39 is 0 Å². The highest BCUT2D eigenvalue weighted by molar-refractivity contribution is 7.14. The fourth-order valence-corrected chi connectivity index (χ4v) is 2.77. The number of carbonyl (C=O) groups is 1. The van der Waals surface area contributed by atoms with Gasteiger partial charge in [-0.05, 0) is 20.8 Å². The van der Waals surface area contributed by atoms with Crippen molar-refractivity contribution in [2.24, 2.45) is 0 Å². The third-order valence-electron chi connectivity index (χ3n) is 2.95. The van der Waals surface area contributed by atoms with E-state index in [-0.39, 0.29) is 12.5 Å². The van der Waals surface area contributed by atoms with E-state index in [1.165, 1.54) is 11.3 Å². The predicted octanol–water partition coefficient (Wildman–Crippen LogP) is 1.72. The standard InChI is InChI=1S/C13H23N3O2S/c1-5-16(11(4)18)13-14-12(9-19-13)8-15(6-7-17)10(2)3/h9-10,17H,5-8H2,1-4H3. The Balaban J connectivity index is 2.75.